The Morgan fingerprint density at radius 2 is 1.83 bits per heavy atom. The maximum Gasteiger partial charge on any atom is 0.416 e. The molecule has 0 aliphatic heterocycles. The number of hydrogen-bond acceptors (Lipinski definition) is 3. The van der Waals surface area contributed by atoms with Gasteiger partial charge in [0.2, 0.25) is 0 Å². The smallest absolute Gasteiger partial charge is 0.416 e. The van der Waals surface area contributed by atoms with Crippen LogP contribution in [0.1, 0.15) is 12.5 Å². The summed E-state index contributed by atoms with van der Waals surface area (Å²) in [6.45, 7) is 4.51. The predicted octanol–water partition coefficient (Wildman–Crippen LogP) is 2.29. The second kappa shape index (κ2) is 9.94. The normalized spacial score (nSPS) is 12.1. The molecule has 0 saturated carbocycles. The molecular formula is C15H22F3N3O2. The lowest BCUT2D eigenvalue weighted by atomic mass is 10.2. The van der Waals surface area contributed by atoms with Crippen LogP contribution >= 0.6 is 0 Å². The first-order valence-corrected chi connectivity index (χ1v) is 7.28. The van der Waals surface area contributed by atoms with E-state index >= 15 is 0 Å². The number of nitrogens with zero attached hydrogens (tertiary/aromatic N) is 1. The quantitative estimate of drug-likeness (QED) is 0.435. The summed E-state index contributed by atoms with van der Waals surface area (Å²) >= 11 is 0. The molecule has 2 N–H and O–H groups in total. The maximum absolute atomic E-state index is 12.4. The summed E-state index contributed by atoms with van der Waals surface area (Å²) in [6, 6.07) is 4.61. The SMILES string of the molecule is CCNC(=NCCOC)NCCOc1ccc(C(F)(F)F)cc1. The van der Waals surface area contributed by atoms with Crippen LogP contribution in [0.3, 0.4) is 0 Å². The molecule has 1 aromatic rings. The van der Waals surface area contributed by atoms with E-state index in [1.54, 1.807) is 7.11 Å². The van der Waals surface area contributed by atoms with Crippen molar-refractivity contribution in [3.63, 3.8) is 0 Å². The average Bonchev–Trinajstić information content (AvgIpc) is 2.51. The Hall–Kier alpha value is -1.96. The minimum atomic E-state index is -4.33. The van der Waals surface area contributed by atoms with Gasteiger partial charge in [0.15, 0.2) is 5.96 Å². The minimum Gasteiger partial charge on any atom is -0.492 e. The number of nitrogens with one attached hydrogen (secondary N) is 2. The predicted molar refractivity (Wildman–Crippen MR) is 82.8 cm³/mol. The van der Waals surface area contributed by atoms with Crippen molar-refractivity contribution in [3.05, 3.63) is 29.8 Å². The maximum atomic E-state index is 12.4. The number of rotatable bonds is 8. The van der Waals surface area contributed by atoms with Crippen LogP contribution in [0, 0.1) is 0 Å². The highest BCUT2D eigenvalue weighted by molar-refractivity contribution is 5.79. The van der Waals surface area contributed by atoms with Gasteiger partial charge in [-0.3, -0.25) is 4.99 Å². The number of alkyl halides is 3. The van der Waals surface area contributed by atoms with Gasteiger partial charge < -0.3 is 20.1 Å². The zero-order valence-electron chi connectivity index (χ0n) is 13.2. The monoisotopic (exact) mass is 333 g/mol. The summed E-state index contributed by atoms with van der Waals surface area (Å²) < 4.78 is 47.6. The molecule has 0 unspecified atom stereocenters. The Labute approximate surface area is 133 Å². The number of benzene rings is 1. The van der Waals surface area contributed by atoms with E-state index in [1.807, 2.05) is 6.92 Å². The topological polar surface area (TPSA) is 54.9 Å². The third kappa shape index (κ3) is 7.73. The molecule has 1 aromatic carbocycles. The van der Waals surface area contributed by atoms with E-state index in [2.05, 4.69) is 15.6 Å². The molecule has 1 rings (SSSR count). The van der Waals surface area contributed by atoms with Crippen LogP contribution < -0.4 is 15.4 Å². The van der Waals surface area contributed by atoms with Crippen molar-refractivity contribution in [1.29, 1.82) is 0 Å². The van der Waals surface area contributed by atoms with Crippen molar-refractivity contribution in [1.82, 2.24) is 10.6 Å². The Morgan fingerprint density at radius 3 is 2.39 bits per heavy atom. The number of methoxy groups -OCH3 is 1. The van der Waals surface area contributed by atoms with Crippen molar-refractivity contribution >= 4 is 5.96 Å². The molecule has 8 heteroatoms. The van der Waals surface area contributed by atoms with E-state index in [4.69, 9.17) is 9.47 Å². The summed E-state index contributed by atoms with van der Waals surface area (Å²) in [6.07, 6.45) is -4.33. The molecule has 0 aliphatic carbocycles. The Morgan fingerprint density at radius 1 is 1.13 bits per heavy atom. The van der Waals surface area contributed by atoms with Gasteiger partial charge in [0.05, 0.1) is 25.3 Å². The van der Waals surface area contributed by atoms with Crippen LogP contribution in [0.2, 0.25) is 0 Å². The lowest BCUT2D eigenvalue weighted by Crippen LogP contribution is -2.39. The highest BCUT2D eigenvalue weighted by Crippen LogP contribution is 2.30. The first-order valence-electron chi connectivity index (χ1n) is 7.28. The minimum absolute atomic E-state index is 0.306. The lowest BCUT2D eigenvalue weighted by molar-refractivity contribution is -0.137. The summed E-state index contributed by atoms with van der Waals surface area (Å²) in [4.78, 5) is 4.28. The Kier molecular flexibility index (Phi) is 8.25. The van der Waals surface area contributed by atoms with Crippen molar-refractivity contribution in [2.24, 2.45) is 4.99 Å². The molecule has 0 aliphatic rings. The molecule has 0 aromatic heterocycles. The highest BCUT2D eigenvalue weighted by atomic mass is 19.4. The molecule has 5 nitrogen and oxygen atoms in total. The molecule has 0 fully saturated rings. The van der Waals surface area contributed by atoms with Crippen LogP contribution in [-0.2, 0) is 10.9 Å². The van der Waals surface area contributed by atoms with Crippen LogP contribution in [0.5, 0.6) is 5.75 Å². The van der Waals surface area contributed by atoms with E-state index < -0.39 is 11.7 Å². The zero-order chi connectivity index (χ0) is 17.1. The zero-order valence-corrected chi connectivity index (χ0v) is 13.2. The van der Waals surface area contributed by atoms with Gasteiger partial charge in [-0.2, -0.15) is 13.2 Å². The molecule has 0 saturated heterocycles. The summed E-state index contributed by atoms with van der Waals surface area (Å²) in [7, 11) is 1.60. The van der Waals surface area contributed by atoms with E-state index in [9.17, 15) is 13.2 Å². The molecular weight excluding hydrogens is 311 g/mol. The molecule has 0 bridgehead atoms. The van der Waals surface area contributed by atoms with Gasteiger partial charge in [0.25, 0.3) is 0 Å². The molecule has 0 heterocycles. The number of guanidine groups is 1. The van der Waals surface area contributed by atoms with Crippen LogP contribution in [0.15, 0.2) is 29.3 Å². The molecule has 0 radical (unpaired) electrons. The third-order valence-electron chi connectivity index (χ3n) is 2.75. The van der Waals surface area contributed by atoms with E-state index in [0.717, 1.165) is 18.7 Å². The number of ether oxygens (including phenoxy) is 2. The van der Waals surface area contributed by atoms with Crippen molar-refractivity contribution in [2.45, 2.75) is 13.1 Å². The van der Waals surface area contributed by atoms with Gasteiger partial charge in [0.1, 0.15) is 12.4 Å². The average molecular weight is 333 g/mol. The Balaban J connectivity index is 2.36. The standard InChI is InChI=1S/C15H22F3N3O2/c1-3-19-14(20-8-10-22-2)21-9-11-23-13-6-4-12(5-7-13)15(16,17)18/h4-7H,3,8-11H2,1-2H3,(H2,19,20,21). The highest BCUT2D eigenvalue weighted by Gasteiger charge is 2.29. The fraction of sp³-hybridized carbons (Fsp3) is 0.533. The summed E-state index contributed by atoms with van der Waals surface area (Å²) in [5.41, 5.74) is -0.692. The molecule has 0 atom stereocenters. The van der Waals surface area contributed by atoms with Gasteiger partial charge in [0, 0.05) is 13.7 Å². The summed E-state index contributed by atoms with van der Waals surface area (Å²) in [5, 5.41) is 6.13. The third-order valence-corrected chi connectivity index (χ3v) is 2.75. The fourth-order valence-corrected chi connectivity index (χ4v) is 1.67. The van der Waals surface area contributed by atoms with Crippen molar-refractivity contribution in [2.75, 3.05) is 40.0 Å². The molecule has 0 amide bonds. The van der Waals surface area contributed by atoms with Crippen LogP contribution in [0.25, 0.3) is 0 Å². The fourth-order valence-electron chi connectivity index (χ4n) is 1.67. The van der Waals surface area contributed by atoms with Crippen molar-refractivity contribution in [3.8, 4) is 5.75 Å². The van der Waals surface area contributed by atoms with Gasteiger partial charge in [-0.15, -0.1) is 0 Å². The number of halogens is 3. The Bertz CT molecular complexity index is 476. The second-order valence-electron chi connectivity index (χ2n) is 4.55. The molecule has 0 spiro atoms. The van der Waals surface area contributed by atoms with E-state index in [0.29, 0.717) is 38.0 Å². The first kappa shape index (κ1) is 19.1. The van der Waals surface area contributed by atoms with Gasteiger partial charge in [-0.05, 0) is 31.2 Å². The molecule has 23 heavy (non-hydrogen) atoms. The van der Waals surface area contributed by atoms with Gasteiger partial charge in [-0.1, -0.05) is 0 Å². The molecule has 130 valence electrons. The van der Waals surface area contributed by atoms with Crippen LogP contribution in [0.4, 0.5) is 13.2 Å². The van der Waals surface area contributed by atoms with Gasteiger partial charge in [-0.25, -0.2) is 0 Å². The summed E-state index contributed by atoms with van der Waals surface area (Å²) in [5.74, 6) is 1.03. The van der Waals surface area contributed by atoms with Gasteiger partial charge >= 0.3 is 6.18 Å². The first-order chi connectivity index (χ1) is 11.0. The van der Waals surface area contributed by atoms with Crippen LogP contribution in [-0.4, -0.2) is 45.9 Å². The van der Waals surface area contributed by atoms with E-state index in [1.165, 1.54) is 12.1 Å². The number of aliphatic imine (C=N–C) groups is 1. The second-order valence-corrected chi connectivity index (χ2v) is 4.55. The largest absolute Gasteiger partial charge is 0.492 e. The van der Waals surface area contributed by atoms with E-state index in [-0.39, 0.29) is 0 Å². The number of hydrogen-bond donors (Lipinski definition) is 2. The lowest BCUT2D eigenvalue weighted by Gasteiger charge is -2.12. The van der Waals surface area contributed by atoms with Crippen molar-refractivity contribution < 1.29 is 22.6 Å².